The lowest BCUT2D eigenvalue weighted by Gasteiger charge is -2.08. The van der Waals surface area contributed by atoms with Crippen LogP contribution in [0.2, 0.25) is 0 Å². The van der Waals surface area contributed by atoms with Gasteiger partial charge in [-0.05, 0) is 23.7 Å². The minimum absolute atomic E-state index is 0.256. The zero-order chi connectivity index (χ0) is 12.8. The fourth-order valence-electron chi connectivity index (χ4n) is 1.29. The number of nitrogens with one attached hydrogen (secondary N) is 1. The summed E-state index contributed by atoms with van der Waals surface area (Å²) in [5.74, 6) is 0.357. The topological polar surface area (TPSA) is 90.1 Å². The summed E-state index contributed by atoms with van der Waals surface area (Å²) in [6, 6.07) is 7.21. The highest BCUT2D eigenvalue weighted by atomic mass is 32.1. The van der Waals surface area contributed by atoms with Crippen molar-refractivity contribution in [1.29, 1.82) is 0 Å². The second-order valence-electron chi connectivity index (χ2n) is 3.43. The van der Waals surface area contributed by atoms with Gasteiger partial charge in [-0.2, -0.15) is 0 Å². The first-order valence-corrected chi connectivity index (χ1v) is 6.13. The summed E-state index contributed by atoms with van der Waals surface area (Å²) < 4.78 is 9.05. The Morgan fingerprint density at radius 2 is 2.28 bits per heavy atom. The molecule has 1 amide bonds. The summed E-state index contributed by atoms with van der Waals surface area (Å²) in [5.41, 5.74) is 6.61. The molecule has 0 aliphatic carbocycles. The standard InChI is InChI=1S/C11H12N4O2S/c12-8-3-1-2-4-10(8)17-6-5-13-11(16)9-7-18-15-14-9/h1-4,7H,5-6,12H2,(H,13,16). The summed E-state index contributed by atoms with van der Waals surface area (Å²) in [4.78, 5) is 11.5. The van der Waals surface area contributed by atoms with Crippen molar-refractivity contribution >= 4 is 23.1 Å². The average molecular weight is 264 g/mol. The van der Waals surface area contributed by atoms with Gasteiger partial charge < -0.3 is 15.8 Å². The van der Waals surface area contributed by atoms with E-state index in [1.165, 1.54) is 0 Å². The van der Waals surface area contributed by atoms with Crippen LogP contribution in [0.4, 0.5) is 5.69 Å². The lowest BCUT2D eigenvalue weighted by Crippen LogP contribution is -2.28. The molecule has 0 saturated carbocycles. The first-order chi connectivity index (χ1) is 8.77. The number of para-hydroxylation sites is 2. The molecule has 0 saturated heterocycles. The zero-order valence-corrected chi connectivity index (χ0v) is 10.3. The highest BCUT2D eigenvalue weighted by Crippen LogP contribution is 2.19. The van der Waals surface area contributed by atoms with Gasteiger partial charge >= 0.3 is 0 Å². The largest absolute Gasteiger partial charge is 0.490 e. The van der Waals surface area contributed by atoms with Crippen molar-refractivity contribution in [2.24, 2.45) is 0 Å². The number of amides is 1. The Balaban J connectivity index is 1.74. The average Bonchev–Trinajstić information content (AvgIpc) is 2.90. The molecule has 1 aromatic carbocycles. The van der Waals surface area contributed by atoms with E-state index in [1.54, 1.807) is 17.5 Å². The number of carbonyl (C=O) groups excluding carboxylic acids is 1. The fourth-order valence-corrected chi connectivity index (χ4v) is 1.73. The molecule has 1 aromatic heterocycles. The molecule has 6 nitrogen and oxygen atoms in total. The number of nitrogens with zero attached hydrogens (tertiary/aromatic N) is 2. The number of rotatable bonds is 5. The molecule has 0 aliphatic rings. The molecule has 2 aromatic rings. The van der Waals surface area contributed by atoms with Gasteiger partial charge in [0.1, 0.15) is 12.4 Å². The Kier molecular flexibility index (Phi) is 4.08. The highest BCUT2D eigenvalue weighted by molar-refractivity contribution is 7.03. The van der Waals surface area contributed by atoms with E-state index in [0.717, 1.165) is 11.5 Å². The molecule has 0 radical (unpaired) electrons. The van der Waals surface area contributed by atoms with Crippen LogP contribution in [0.1, 0.15) is 10.5 Å². The Labute approximate surface area is 108 Å². The van der Waals surface area contributed by atoms with Gasteiger partial charge in [0.2, 0.25) is 0 Å². The maximum atomic E-state index is 11.5. The number of carbonyl (C=O) groups is 1. The smallest absolute Gasteiger partial charge is 0.272 e. The van der Waals surface area contributed by atoms with Crippen molar-refractivity contribution in [2.45, 2.75) is 0 Å². The summed E-state index contributed by atoms with van der Waals surface area (Å²) >= 11 is 1.14. The van der Waals surface area contributed by atoms with E-state index >= 15 is 0 Å². The molecule has 0 spiro atoms. The molecule has 1 heterocycles. The van der Waals surface area contributed by atoms with Crippen LogP contribution in [-0.4, -0.2) is 28.6 Å². The van der Waals surface area contributed by atoms with Gasteiger partial charge in [-0.25, -0.2) is 0 Å². The lowest BCUT2D eigenvalue weighted by molar-refractivity contribution is 0.0942. The summed E-state index contributed by atoms with van der Waals surface area (Å²) in [6.45, 7) is 0.724. The van der Waals surface area contributed by atoms with Gasteiger partial charge in [-0.1, -0.05) is 16.6 Å². The van der Waals surface area contributed by atoms with Crippen molar-refractivity contribution < 1.29 is 9.53 Å². The number of nitrogen functional groups attached to an aromatic ring is 1. The third kappa shape index (κ3) is 3.17. The quantitative estimate of drug-likeness (QED) is 0.619. The number of aromatic nitrogens is 2. The van der Waals surface area contributed by atoms with Crippen molar-refractivity contribution in [2.75, 3.05) is 18.9 Å². The predicted octanol–water partition coefficient (Wildman–Crippen LogP) is 0.929. The van der Waals surface area contributed by atoms with Crippen LogP contribution < -0.4 is 15.8 Å². The maximum absolute atomic E-state index is 11.5. The number of benzene rings is 1. The first-order valence-electron chi connectivity index (χ1n) is 5.30. The van der Waals surface area contributed by atoms with Gasteiger partial charge in [-0.15, -0.1) is 5.10 Å². The Morgan fingerprint density at radius 1 is 1.44 bits per heavy atom. The van der Waals surface area contributed by atoms with E-state index in [-0.39, 0.29) is 5.91 Å². The van der Waals surface area contributed by atoms with Crippen LogP contribution in [0.5, 0.6) is 5.75 Å². The second kappa shape index (κ2) is 5.97. The molecule has 0 bridgehead atoms. The Bertz CT molecular complexity index is 516. The SMILES string of the molecule is Nc1ccccc1OCCNC(=O)c1csnn1. The number of hydrogen-bond donors (Lipinski definition) is 2. The van der Waals surface area contributed by atoms with Crippen LogP contribution in [0.3, 0.4) is 0 Å². The highest BCUT2D eigenvalue weighted by Gasteiger charge is 2.07. The van der Waals surface area contributed by atoms with E-state index in [2.05, 4.69) is 14.9 Å². The molecule has 2 rings (SSSR count). The van der Waals surface area contributed by atoms with Crippen molar-refractivity contribution in [3.8, 4) is 5.75 Å². The Hall–Kier alpha value is -2.15. The summed E-state index contributed by atoms with van der Waals surface area (Å²) in [7, 11) is 0. The molecule has 94 valence electrons. The molecule has 3 N–H and O–H groups in total. The minimum Gasteiger partial charge on any atom is -0.490 e. The molecular weight excluding hydrogens is 252 g/mol. The molecule has 0 aliphatic heterocycles. The van der Waals surface area contributed by atoms with Gasteiger partial charge in [-0.3, -0.25) is 4.79 Å². The Morgan fingerprint density at radius 3 is 3.00 bits per heavy atom. The van der Waals surface area contributed by atoms with Crippen LogP contribution in [0, 0.1) is 0 Å². The fraction of sp³-hybridized carbons (Fsp3) is 0.182. The summed E-state index contributed by atoms with van der Waals surface area (Å²) in [5, 5.41) is 7.93. The second-order valence-corrected chi connectivity index (χ2v) is 4.04. The lowest BCUT2D eigenvalue weighted by atomic mass is 10.3. The normalized spacial score (nSPS) is 10.0. The van der Waals surface area contributed by atoms with E-state index in [0.29, 0.717) is 30.3 Å². The van der Waals surface area contributed by atoms with Crippen LogP contribution in [-0.2, 0) is 0 Å². The van der Waals surface area contributed by atoms with Crippen LogP contribution in [0.15, 0.2) is 29.6 Å². The zero-order valence-electron chi connectivity index (χ0n) is 9.50. The maximum Gasteiger partial charge on any atom is 0.272 e. The van der Waals surface area contributed by atoms with Crippen molar-refractivity contribution in [3.05, 3.63) is 35.3 Å². The van der Waals surface area contributed by atoms with Crippen LogP contribution in [0.25, 0.3) is 0 Å². The molecular formula is C11H12N4O2S. The summed E-state index contributed by atoms with van der Waals surface area (Å²) in [6.07, 6.45) is 0. The monoisotopic (exact) mass is 264 g/mol. The van der Waals surface area contributed by atoms with E-state index < -0.39 is 0 Å². The third-order valence-electron chi connectivity index (χ3n) is 2.16. The van der Waals surface area contributed by atoms with E-state index in [9.17, 15) is 4.79 Å². The predicted molar refractivity (Wildman–Crippen MR) is 68.6 cm³/mol. The van der Waals surface area contributed by atoms with Gasteiger partial charge in [0.05, 0.1) is 12.2 Å². The molecule has 0 unspecified atom stereocenters. The number of hydrogen-bond acceptors (Lipinski definition) is 6. The van der Waals surface area contributed by atoms with Crippen molar-refractivity contribution in [3.63, 3.8) is 0 Å². The molecule has 18 heavy (non-hydrogen) atoms. The van der Waals surface area contributed by atoms with Gasteiger partial charge in [0.15, 0.2) is 5.69 Å². The first kappa shape index (κ1) is 12.3. The molecule has 0 fully saturated rings. The van der Waals surface area contributed by atoms with Crippen LogP contribution >= 0.6 is 11.5 Å². The van der Waals surface area contributed by atoms with E-state index in [1.807, 2.05) is 12.1 Å². The van der Waals surface area contributed by atoms with Gasteiger partial charge in [0.25, 0.3) is 5.91 Å². The van der Waals surface area contributed by atoms with Crippen molar-refractivity contribution in [1.82, 2.24) is 14.9 Å². The number of nitrogens with two attached hydrogens (primary N) is 1. The number of ether oxygens (including phenoxy) is 1. The number of anilines is 1. The molecule has 7 heteroatoms. The third-order valence-corrected chi connectivity index (χ3v) is 2.66. The molecule has 0 atom stereocenters. The minimum atomic E-state index is -0.256. The van der Waals surface area contributed by atoms with Gasteiger partial charge in [0, 0.05) is 5.38 Å². The van der Waals surface area contributed by atoms with E-state index in [4.69, 9.17) is 10.5 Å².